The second-order valence-electron chi connectivity index (χ2n) is 6.01. The van der Waals surface area contributed by atoms with Crippen LogP contribution in [0.25, 0.3) is 11.0 Å². The molecule has 3 N–H and O–H groups in total. The molecule has 1 fully saturated rings. The summed E-state index contributed by atoms with van der Waals surface area (Å²) in [4.78, 5) is 11.8. The van der Waals surface area contributed by atoms with E-state index in [9.17, 15) is 5.11 Å². The standard InChI is InChI=1S/C17H18N4O/c1-11-9-18-15-13(11)16(20-10-19-15)21-14(17(22)7-8-17)12-5-3-2-4-6-12/h2-6,9-10,14,22H,7-8H2,1H3,(H2,18,19,20,21). The zero-order chi connectivity index (χ0) is 15.2. The van der Waals surface area contributed by atoms with Crippen LogP contribution in [0, 0.1) is 6.92 Å². The van der Waals surface area contributed by atoms with E-state index in [2.05, 4.69) is 20.3 Å². The summed E-state index contributed by atoms with van der Waals surface area (Å²) in [6, 6.07) is 9.88. The zero-order valence-electron chi connectivity index (χ0n) is 12.4. The number of hydrogen-bond acceptors (Lipinski definition) is 4. The van der Waals surface area contributed by atoms with Crippen LogP contribution >= 0.6 is 0 Å². The van der Waals surface area contributed by atoms with Gasteiger partial charge in [-0.25, -0.2) is 9.97 Å². The van der Waals surface area contributed by atoms with Crippen LogP contribution in [-0.2, 0) is 0 Å². The van der Waals surface area contributed by atoms with Crippen molar-refractivity contribution in [3.8, 4) is 0 Å². The van der Waals surface area contributed by atoms with Crippen molar-refractivity contribution in [1.29, 1.82) is 0 Å². The average molecular weight is 294 g/mol. The monoisotopic (exact) mass is 294 g/mol. The second kappa shape index (κ2) is 4.81. The maximum Gasteiger partial charge on any atom is 0.143 e. The number of fused-ring (bicyclic) bond motifs is 1. The lowest BCUT2D eigenvalue weighted by molar-refractivity contribution is 0.127. The highest BCUT2D eigenvalue weighted by atomic mass is 16.3. The highest BCUT2D eigenvalue weighted by Crippen LogP contribution is 2.47. The SMILES string of the molecule is Cc1c[nH]c2ncnc(NC(c3ccccc3)C3(O)CC3)c12. The first-order valence-electron chi connectivity index (χ1n) is 7.50. The summed E-state index contributed by atoms with van der Waals surface area (Å²) < 4.78 is 0. The molecular weight excluding hydrogens is 276 g/mol. The van der Waals surface area contributed by atoms with Crippen molar-refractivity contribution < 1.29 is 5.11 Å². The predicted octanol–water partition coefficient (Wildman–Crippen LogP) is 2.94. The van der Waals surface area contributed by atoms with Gasteiger partial charge in [0.05, 0.1) is 17.0 Å². The summed E-state index contributed by atoms with van der Waals surface area (Å²) in [5, 5.41) is 15.1. The fraction of sp³-hybridized carbons (Fsp3) is 0.294. The van der Waals surface area contributed by atoms with E-state index in [0.29, 0.717) is 0 Å². The Bertz CT molecular complexity index is 808. The smallest absolute Gasteiger partial charge is 0.143 e. The molecule has 0 saturated heterocycles. The Labute approximate surface area is 128 Å². The minimum Gasteiger partial charge on any atom is -0.387 e. The number of aliphatic hydroxyl groups is 1. The second-order valence-corrected chi connectivity index (χ2v) is 6.01. The third kappa shape index (κ3) is 2.14. The Balaban J connectivity index is 1.77. The van der Waals surface area contributed by atoms with Crippen LogP contribution in [0.15, 0.2) is 42.9 Å². The molecule has 0 bridgehead atoms. The Hall–Kier alpha value is -2.40. The minimum atomic E-state index is -0.692. The van der Waals surface area contributed by atoms with Crippen LogP contribution in [0.4, 0.5) is 5.82 Å². The molecule has 22 heavy (non-hydrogen) atoms. The highest BCUT2D eigenvalue weighted by Gasteiger charge is 2.48. The number of nitrogens with one attached hydrogen (secondary N) is 2. The number of aromatic amines is 1. The van der Waals surface area contributed by atoms with E-state index in [-0.39, 0.29) is 6.04 Å². The molecule has 1 atom stereocenters. The third-order valence-corrected chi connectivity index (χ3v) is 4.38. The molecule has 0 aliphatic heterocycles. The van der Waals surface area contributed by atoms with Crippen LogP contribution in [0.1, 0.15) is 30.0 Å². The van der Waals surface area contributed by atoms with Gasteiger partial charge in [-0.1, -0.05) is 30.3 Å². The molecule has 0 amide bonds. The fourth-order valence-corrected chi connectivity index (χ4v) is 2.95. The maximum absolute atomic E-state index is 10.7. The molecule has 0 radical (unpaired) electrons. The number of nitrogens with zero attached hydrogens (tertiary/aromatic N) is 2. The van der Waals surface area contributed by atoms with E-state index < -0.39 is 5.60 Å². The molecule has 112 valence electrons. The van der Waals surface area contributed by atoms with Crippen LogP contribution < -0.4 is 5.32 Å². The van der Waals surface area contributed by atoms with Gasteiger partial charge in [-0.2, -0.15) is 0 Å². The lowest BCUT2D eigenvalue weighted by Gasteiger charge is -2.25. The molecule has 5 nitrogen and oxygen atoms in total. The molecule has 3 aromatic rings. The summed E-state index contributed by atoms with van der Waals surface area (Å²) in [5.41, 5.74) is 2.28. The number of rotatable bonds is 4. The lowest BCUT2D eigenvalue weighted by Crippen LogP contribution is -2.27. The van der Waals surface area contributed by atoms with Gasteiger partial charge in [0.25, 0.3) is 0 Å². The summed E-state index contributed by atoms with van der Waals surface area (Å²) in [6.07, 6.45) is 5.08. The van der Waals surface area contributed by atoms with Gasteiger partial charge in [-0.3, -0.25) is 0 Å². The van der Waals surface area contributed by atoms with Crippen molar-refractivity contribution in [3.05, 3.63) is 54.0 Å². The van der Waals surface area contributed by atoms with Gasteiger partial charge < -0.3 is 15.4 Å². The first kappa shape index (κ1) is 13.3. The molecule has 1 unspecified atom stereocenters. The molecule has 1 aromatic carbocycles. The summed E-state index contributed by atoms with van der Waals surface area (Å²) in [6.45, 7) is 2.02. The van der Waals surface area contributed by atoms with E-state index in [1.807, 2.05) is 43.5 Å². The first-order valence-corrected chi connectivity index (χ1v) is 7.50. The van der Waals surface area contributed by atoms with Crippen molar-refractivity contribution in [3.63, 3.8) is 0 Å². The maximum atomic E-state index is 10.7. The van der Waals surface area contributed by atoms with Crippen LogP contribution in [0.2, 0.25) is 0 Å². The summed E-state index contributed by atoms with van der Waals surface area (Å²) in [7, 11) is 0. The Morgan fingerprint density at radius 3 is 2.73 bits per heavy atom. The number of hydrogen-bond donors (Lipinski definition) is 3. The Kier molecular flexibility index (Phi) is 2.90. The van der Waals surface area contributed by atoms with Crippen molar-refractivity contribution in [2.45, 2.75) is 31.4 Å². The van der Waals surface area contributed by atoms with Crippen molar-refractivity contribution in [2.24, 2.45) is 0 Å². The number of benzene rings is 1. The van der Waals surface area contributed by atoms with Crippen molar-refractivity contribution in [1.82, 2.24) is 15.0 Å². The lowest BCUT2D eigenvalue weighted by atomic mass is 9.99. The van der Waals surface area contributed by atoms with Gasteiger partial charge in [0, 0.05) is 6.20 Å². The molecule has 2 heterocycles. The molecule has 1 saturated carbocycles. The summed E-state index contributed by atoms with van der Waals surface area (Å²) in [5.74, 6) is 0.762. The van der Waals surface area contributed by atoms with E-state index >= 15 is 0 Å². The van der Waals surface area contributed by atoms with Gasteiger partial charge in [-0.05, 0) is 30.9 Å². The van der Waals surface area contributed by atoms with Gasteiger partial charge in [0.2, 0.25) is 0 Å². The van der Waals surface area contributed by atoms with Gasteiger partial charge in [0.1, 0.15) is 17.8 Å². The van der Waals surface area contributed by atoms with E-state index in [4.69, 9.17) is 0 Å². The van der Waals surface area contributed by atoms with Crippen LogP contribution in [0.3, 0.4) is 0 Å². The van der Waals surface area contributed by atoms with E-state index in [0.717, 1.165) is 40.8 Å². The van der Waals surface area contributed by atoms with Crippen molar-refractivity contribution in [2.75, 3.05) is 5.32 Å². The molecule has 0 spiro atoms. The fourth-order valence-electron chi connectivity index (χ4n) is 2.95. The predicted molar refractivity (Wildman–Crippen MR) is 85.6 cm³/mol. The third-order valence-electron chi connectivity index (χ3n) is 4.38. The largest absolute Gasteiger partial charge is 0.387 e. The normalized spacial score (nSPS) is 17.4. The molecule has 1 aliphatic carbocycles. The number of aryl methyl sites for hydroxylation is 1. The molecule has 2 aromatic heterocycles. The quantitative estimate of drug-likeness (QED) is 0.691. The number of anilines is 1. The van der Waals surface area contributed by atoms with Gasteiger partial charge in [0.15, 0.2) is 0 Å². The van der Waals surface area contributed by atoms with Gasteiger partial charge >= 0.3 is 0 Å². The molecule has 5 heteroatoms. The highest BCUT2D eigenvalue weighted by molar-refractivity contribution is 5.90. The van der Waals surface area contributed by atoms with Crippen LogP contribution in [-0.4, -0.2) is 25.7 Å². The molecule has 1 aliphatic rings. The van der Waals surface area contributed by atoms with Crippen LogP contribution in [0.5, 0.6) is 0 Å². The Morgan fingerprint density at radius 2 is 2.00 bits per heavy atom. The number of H-pyrrole nitrogens is 1. The average Bonchev–Trinajstić information content (AvgIpc) is 3.18. The zero-order valence-corrected chi connectivity index (χ0v) is 12.4. The van der Waals surface area contributed by atoms with E-state index in [1.165, 1.54) is 0 Å². The Morgan fingerprint density at radius 1 is 1.23 bits per heavy atom. The summed E-state index contributed by atoms with van der Waals surface area (Å²) >= 11 is 0. The minimum absolute atomic E-state index is 0.166. The van der Waals surface area contributed by atoms with Gasteiger partial charge in [-0.15, -0.1) is 0 Å². The molecular formula is C17H18N4O. The molecule has 4 rings (SSSR count). The first-order chi connectivity index (χ1) is 10.7. The topological polar surface area (TPSA) is 73.8 Å². The van der Waals surface area contributed by atoms with E-state index in [1.54, 1.807) is 6.33 Å². The van der Waals surface area contributed by atoms with Crippen molar-refractivity contribution >= 4 is 16.9 Å². The number of aromatic nitrogens is 3.